The number of aliphatic hydroxyl groups excluding tert-OH is 3. The van der Waals surface area contributed by atoms with Crippen LogP contribution in [0.25, 0.3) is 0 Å². The van der Waals surface area contributed by atoms with Gasteiger partial charge in [0.15, 0.2) is 12.2 Å². The molecule has 2 fully saturated rings. The van der Waals surface area contributed by atoms with Crippen molar-refractivity contribution in [2.45, 2.75) is 49.6 Å². The van der Waals surface area contributed by atoms with Crippen molar-refractivity contribution in [2.75, 3.05) is 13.6 Å². The van der Waals surface area contributed by atoms with E-state index in [4.69, 9.17) is 14.7 Å². The van der Waals surface area contributed by atoms with Crippen LogP contribution >= 0.6 is 0 Å². The molecule has 3 heterocycles. The monoisotopic (exact) mass is 355 g/mol. The molecule has 138 valence electrons. The fraction of sp³-hybridized carbons (Fsp3) is 0.625. The number of hydrogen-bond acceptors (Lipinski definition) is 7. The van der Waals surface area contributed by atoms with Crippen molar-refractivity contribution < 1.29 is 39.5 Å². The quantitative estimate of drug-likeness (QED) is 0.460. The third kappa shape index (κ3) is 3.60. The van der Waals surface area contributed by atoms with Crippen molar-refractivity contribution in [3.05, 3.63) is 30.1 Å². The second-order valence-corrected chi connectivity index (χ2v) is 6.48. The summed E-state index contributed by atoms with van der Waals surface area (Å²) < 4.78 is 6.44. The molecule has 0 saturated carbocycles. The number of carboxylic acid groups (broad SMARTS) is 1. The third-order valence-electron chi connectivity index (χ3n) is 4.74. The fourth-order valence-electron chi connectivity index (χ4n) is 3.33. The number of ether oxygens (including phenoxy) is 1. The zero-order valence-corrected chi connectivity index (χ0v) is 13.8. The topological polar surface area (TPSA) is 124 Å². The van der Waals surface area contributed by atoms with Gasteiger partial charge in [-0.2, -0.15) is 0 Å². The van der Waals surface area contributed by atoms with Crippen molar-refractivity contribution in [1.82, 2.24) is 4.90 Å². The number of carboxylic acids is 1. The van der Waals surface area contributed by atoms with E-state index in [1.54, 1.807) is 18.5 Å². The third-order valence-corrected chi connectivity index (χ3v) is 4.74. The zero-order chi connectivity index (χ0) is 18.1. The highest BCUT2D eigenvalue weighted by atomic mass is 16.8. The van der Waals surface area contributed by atoms with Gasteiger partial charge in [-0.15, -0.1) is 0 Å². The van der Waals surface area contributed by atoms with Gasteiger partial charge < -0.3 is 25.2 Å². The van der Waals surface area contributed by atoms with Crippen molar-refractivity contribution in [2.24, 2.45) is 0 Å². The van der Waals surface area contributed by atoms with Crippen LogP contribution in [0.15, 0.2) is 24.5 Å². The van der Waals surface area contributed by atoms with E-state index < -0.39 is 36.7 Å². The van der Waals surface area contributed by atoms with E-state index in [0.717, 1.165) is 24.9 Å². The number of aromatic nitrogens is 1. The van der Waals surface area contributed by atoms with Crippen molar-refractivity contribution >= 4 is 5.97 Å². The van der Waals surface area contributed by atoms with Crippen LogP contribution in [-0.2, 0) is 9.53 Å². The van der Waals surface area contributed by atoms with Crippen molar-refractivity contribution in [3.63, 3.8) is 0 Å². The van der Waals surface area contributed by atoms with Gasteiger partial charge in [0.2, 0.25) is 12.4 Å². The maximum absolute atomic E-state index is 11.1. The van der Waals surface area contributed by atoms with E-state index in [2.05, 4.69) is 4.90 Å². The van der Waals surface area contributed by atoms with E-state index in [9.17, 15) is 20.1 Å². The Morgan fingerprint density at radius 1 is 1.32 bits per heavy atom. The Balaban J connectivity index is 1.76. The molecule has 2 aliphatic rings. The maximum atomic E-state index is 11.1. The molecule has 4 N–H and O–H groups in total. The molecule has 3 rings (SSSR count). The normalized spacial score (nSPS) is 36.3. The lowest BCUT2D eigenvalue weighted by Gasteiger charge is -2.36. The molecule has 0 bridgehead atoms. The number of pyridine rings is 1. The predicted molar refractivity (Wildman–Crippen MR) is 82.1 cm³/mol. The van der Waals surface area contributed by atoms with Gasteiger partial charge in [-0.05, 0) is 32.5 Å². The lowest BCUT2D eigenvalue weighted by atomic mass is 9.99. The van der Waals surface area contributed by atoms with Crippen LogP contribution < -0.4 is 9.57 Å². The highest BCUT2D eigenvalue weighted by Gasteiger charge is 2.49. The number of carbonyl (C=O) groups is 1. The molecule has 1 unspecified atom stereocenters. The summed E-state index contributed by atoms with van der Waals surface area (Å²) in [5.41, 5.74) is 1.02. The number of aliphatic carboxylic acids is 1. The summed E-state index contributed by atoms with van der Waals surface area (Å²) >= 11 is 0. The van der Waals surface area contributed by atoms with Gasteiger partial charge in [0, 0.05) is 22.4 Å². The van der Waals surface area contributed by atoms with Crippen LogP contribution in [-0.4, -0.2) is 75.6 Å². The Hall–Kier alpha value is -1.78. The van der Waals surface area contributed by atoms with Crippen molar-refractivity contribution in [3.8, 4) is 0 Å². The lowest BCUT2D eigenvalue weighted by Crippen LogP contribution is -2.65. The van der Waals surface area contributed by atoms with Crippen LogP contribution in [0.5, 0.6) is 0 Å². The maximum Gasteiger partial charge on any atom is 0.335 e. The van der Waals surface area contributed by atoms with E-state index >= 15 is 0 Å². The number of rotatable bonds is 4. The number of nitrogens with zero attached hydrogens (tertiary/aromatic N) is 2. The van der Waals surface area contributed by atoms with E-state index in [0.29, 0.717) is 0 Å². The largest absolute Gasteiger partial charge is 0.479 e. The van der Waals surface area contributed by atoms with Gasteiger partial charge in [-0.25, -0.2) is 9.63 Å². The molecule has 1 aromatic heterocycles. The number of hydrogen-bond donors (Lipinski definition) is 4. The van der Waals surface area contributed by atoms with Gasteiger partial charge in [-0.3, -0.25) is 4.90 Å². The number of likely N-dealkylation sites (tertiary alicyclic amines) is 1. The minimum absolute atomic E-state index is 0.257. The van der Waals surface area contributed by atoms with Crippen LogP contribution in [0.4, 0.5) is 0 Å². The van der Waals surface area contributed by atoms with Gasteiger partial charge in [-0.1, -0.05) is 0 Å². The summed E-state index contributed by atoms with van der Waals surface area (Å²) in [6, 6.07) is 3.99. The first-order valence-electron chi connectivity index (χ1n) is 8.19. The summed E-state index contributed by atoms with van der Waals surface area (Å²) in [5.74, 6) is -1.45. The first kappa shape index (κ1) is 18.0. The molecule has 2 saturated heterocycles. The van der Waals surface area contributed by atoms with Crippen LogP contribution in [0.1, 0.15) is 24.4 Å². The molecule has 0 amide bonds. The summed E-state index contributed by atoms with van der Waals surface area (Å²) in [5, 5.41) is 38.6. The molecule has 6 atom stereocenters. The van der Waals surface area contributed by atoms with Crippen LogP contribution in [0.2, 0.25) is 0 Å². The molecule has 0 aliphatic carbocycles. The Morgan fingerprint density at radius 3 is 2.72 bits per heavy atom. The van der Waals surface area contributed by atoms with Crippen LogP contribution in [0.3, 0.4) is 0 Å². The molecular weight excluding hydrogens is 332 g/mol. The van der Waals surface area contributed by atoms with Crippen molar-refractivity contribution in [1.29, 1.82) is 0 Å². The minimum atomic E-state index is -1.74. The van der Waals surface area contributed by atoms with Gasteiger partial charge in [0.05, 0.1) is 0 Å². The molecule has 0 aromatic carbocycles. The summed E-state index contributed by atoms with van der Waals surface area (Å²) in [7, 11) is 2.04. The Bertz CT molecular complexity index is 628. The highest BCUT2D eigenvalue weighted by Crippen LogP contribution is 2.29. The zero-order valence-electron chi connectivity index (χ0n) is 13.8. The fourth-order valence-corrected chi connectivity index (χ4v) is 3.33. The van der Waals surface area contributed by atoms with Gasteiger partial charge in [0.1, 0.15) is 12.2 Å². The molecule has 9 nitrogen and oxygen atoms in total. The minimum Gasteiger partial charge on any atom is -0.479 e. The molecular formula is C16H23N2O7+. The Kier molecular flexibility index (Phi) is 5.21. The second kappa shape index (κ2) is 7.22. The highest BCUT2D eigenvalue weighted by molar-refractivity contribution is 5.73. The van der Waals surface area contributed by atoms with E-state index in [1.807, 2.05) is 13.1 Å². The van der Waals surface area contributed by atoms with E-state index in [1.165, 1.54) is 4.73 Å². The first-order chi connectivity index (χ1) is 11.9. The van der Waals surface area contributed by atoms with Gasteiger partial charge >= 0.3 is 5.97 Å². The molecule has 0 spiro atoms. The summed E-state index contributed by atoms with van der Waals surface area (Å²) in [6.07, 6.45) is -2.69. The molecule has 9 heteroatoms. The second-order valence-electron chi connectivity index (χ2n) is 6.48. The molecule has 0 radical (unpaired) electrons. The molecule has 25 heavy (non-hydrogen) atoms. The van der Waals surface area contributed by atoms with Gasteiger partial charge in [0.25, 0.3) is 6.29 Å². The van der Waals surface area contributed by atoms with Crippen LogP contribution in [0, 0.1) is 0 Å². The summed E-state index contributed by atoms with van der Waals surface area (Å²) in [6.45, 7) is 1.01. The SMILES string of the molecule is CN1CCCC1c1ccc[n+](O[C@@H]2O[C@H](C(=O)O)[C@@H](O)[C@H](O)[C@H]2O)c1. The first-order valence-corrected chi connectivity index (χ1v) is 8.19. The average molecular weight is 355 g/mol. The Morgan fingerprint density at radius 2 is 2.08 bits per heavy atom. The smallest absolute Gasteiger partial charge is 0.335 e. The average Bonchev–Trinajstić information content (AvgIpc) is 3.01. The molecule has 2 aliphatic heterocycles. The summed E-state index contributed by atoms with van der Waals surface area (Å²) in [4.78, 5) is 18.9. The predicted octanol–water partition coefficient (Wildman–Crippen LogP) is -1.94. The standard InChI is InChI=1S/C16H22N2O7/c1-17-6-3-5-10(17)9-4-2-7-18(8-9)25-16-13(21)11(19)12(20)14(24-16)15(22)23/h2,4,7-8,10-14,16,19-21H,3,5-6H2,1H3/p+1/t10?,11-,12-,13+,14-,16-/m0/s1. The lowest BCUT2D eigenvalue weighted by molar-refractivity contribution is -0.909. The number of aliphatic hydroxyl groups is 3. The Labute approximate surface area is 144 Å². The molecule has 1 aromatic rings. The van der Waals surface area contributed by atoms with E-state index in [-0.39, 0.29) is 6.04 Å².